The number of rotatable bonds is 7. The van der Waals surface area contributed by atoms with Crippen LogP contribution in [0.5, 0.6) is 0 Å². The van der Waals surface area contributed by atoms with Gasteiger partial charge in [-0.15, -0.1) is 0 Å². The van der Waals surface area contributed by atoms with Crippen molar-refractivity contribution in [3.8, 4) is 0 Å². The molecule has 0 radical (unpaired) electrons. The van der Waals surface area contributed by atoms with Crippen molar-refractivity contribution in [2.75, 3.05) is 19.6 Å². The summed E-state index contributed by atoms with van der Waals surface area (Å²) in [5.74, 6) is -0.262. The van der Waals surface area contributed by atoms with Crippen molar-refractivity contribution >= 4 is 11.8 Å². The summed E-state index contributed by atoms with van der Waals surface area (Å²) in [6.07, 6.45) is 2.31. The zero-order valence-corrected chi connectivity index (χ0v) is 15.8. The van der Waals surface area contributed by atoms with Gasteiger partial charge in [-0.1, -0.05) is 39.0 Å². The van der Waals surface area contributed by atoms with E-state index in [4.69, 9.17) is 0 Å². The zero-order valence-electron chi connectivity index (χ0n) is 15.8. The number of benzene rings is 1. The van der Waals surface area contributed by atoms with Crippen LogP contribution in [0, 0.1) is 12.8 Å². The number of carbonyl (C=O) groups excluding carboxylic acids is 2. The van der Waals surface area contributed by atoms with Gasteiger partial charge in [-0.25, -0.2) is 0 Å². The average molecular weight is 345 g/mol. The van der Waals surface area contributed by atoms with Gasteiger partial charge in [0.25, 0.3) is 5.91 Å². The second-order valence-electron chi connectivity index (χ2n) is 7.18. The Morgan fingerprint density at radius 1 is 1.28 bits per heavy atom. The summed E-state index contributed by atoms with van der Waals surface area (Å²) in [7, 11) is 0. The summed E-state index contributed by atoms with van der Waals surface area (Å²) in [6.45, 7) is 10.7. The van der Waals surface area contributed by atoms with E-state index in [9.17, 15) is 9.59 Å². The largest absolute Gasteiger partial charge is 0.353 e. The standard InChI is InChI=1S/C20H31N3O2/c1-5-23-12-8-10-16(23)13-21-20(25)18(14(2)3)22-19(24)17-11-7-6-9-15(17)4/h6-7,9,11,14,16,18H,5,8,10,12-13H2,1-4H3,(H,21,25)(H,22,24). The van der Waals surface area contributed by atoms with Crippen LogP contribution in [0.15, 0.2) is 24.3 Å². The monoisotopic (exact) mass is 345 g/mol. The van der Waals surface area contributed by atoms with Crippen LogP contribution in [-0.2, 0) is 4.79 Å². The van der Waals surface area contributed by atoms with Gasteiger partial charge in [-0.05, 0) is 50.4 Å². The number of carbonyl (C=O) groups is 2. The molecule has 0 aliphatic carbocycles. The normalized spacial score (nSPS) is 19.0. The first kappa shape index (κ1) is 19.4. The Hall–Kier alpha value is -1.88. The van der Waals surface area contributed by atoms with E-state index in [1.165, 1.54) is 6.42 Å². The minimum atomic E-state index is -0.524. The molecule has 0 bridgehead atoms. The third-order valence-corrected chi connectivity index (χ3v) is 5.04. The number of nitrogens with one attached hydrogen (secondary N) is 2. The Morgan fingerprint density at radius 3 is 2.64 bits per heavy atom. The van der Waals surface area contributed by atoms with Gasteiger partial charge in [0.15, 0.2) is 0 Å². The summed E-state index contributed by atoms with van der Waals surface area (Å²) >= 11 is 0. The fourth-order valence-corrected chi connectivity index (χ4v) is 3.45. The molecule has 5 heteroatoms. The third kappa shape index (κ3) is 5.05. The topological polar surface area (TPSA) is 61.4 Å². The van der Waals surface area contributed by atoms with E-state index in [1.54, 1.807) is 6.07 Å². The van der Waals surface area contributed by atoms with Gasteiger partial charge in [0.05, 0.1) is 0 Å². The number of likely N-dealkylation sites (tertiary alicyclic amines) is 1. The molecule has 138 valence electrons. The van der Waals surface area contributed by atoms with Crippen molar-refractivity contribution in [3.05, 3.63) is 35.4 Å². The highest BCUT2D eigenvalue weighted by Gasteiger charge is 2.28. The molecule has 0 aromatic heterocycles. The molecular weight excluding hydrogens is 314 g/mol. The van der Waals surface area contributed by atoms with Crippen LogP contribution in [0.4, 0.5) is 0 Å². The molecule has 2 N–H and O–H groups in total. The molecule has 1 aromatic carbocycles. The highest BCUT2D eigenvalue weighted by molar-refractivity contribution is 5.98. The number of aryl methyl sites for hydroxylation is 1. The quantitative estimate of drug-likeness (QED) is 0.797. The SMILES string of the molecule is CCN1CCCC1CNC(=O)C(NC(=O)c1ccccc1C)C(C)C. The molecule has 2 unspecified atom stereocenters. The number of amides is 2. The molecule has 1 aromatic rings. The van der Waals surface area contributed by atoms with Gasteiger partial charge >= 0.3 is 0 Å². The summed E-state index contributed by atoms with van der Waals surface area (Å²) < 4.78 is 0. The van der Waals surface area contributed by atoms with Crippen LogP contribution in [-0.4, -0.2) is 48.4 Å². The Kier molecular flexibility index (Phi) is 7.00. The lowest BCUT2D eigenvalue weighted by Crippen LogP contribution is -2.52. The Morgan fingerprint density at radius 2 is 2.00 bits per heavy atom. The number of hydrogen-bond donors (Lipinski definition) is 2. The smallest absolute Gasteiger partial charge is 0.252 e. The molecule has 1 aliphatic rings. The molecule has 2 atom stereocenters. The predicted octanol–water partition coefficient (Wildman–Crippen LogP) is 2.35. The lowest BCUT2D eigenvalue weighted by Gasteiger charge is -2.26. The molecule has 5 nitrogen and oxygen atoms in total. The van der Waals surface area contributed by atoms with E-state index >= 15 is 0 Å². The molecule has 1 heterocycles. The molecule has 25 heavy (non-hydrogen) atoms. The van der Waals surface area contributed by atoms with Gasteiger partial charge in [-0.2, -0.15) is 0 Å². The van der Waals surface area contributed by atoms with Crippen LogP contribution < -0.4 is 10.6 Å². The highest BCUT2D eigenvalue weighted by atomic mass is 16.2. The number of nitrogens with zero attached hydrogens (tertiary/aromatic N) is 1. The van der Waals surface area contributed by atoms with Crippen molar-refractivity contribution in [3.63, 3.8) is 0 Å². The van der Waals surface area contributed by atoms with Crippen LogP contribution in [0.1, 0.15) is 49.5 Å². The van der Waals surface area contributed by atoms with E-state index in [1.807, 2.05) is 39.0 Å². The van der Waals surface area contributed by atoms with E-state index in [2.05, 4.69) is 22.5 Å². The molecule has 0 spiro atoms. The fraction of sp³-hybridized carbons (Fsp3) is 0.600. The highest BCUT2D eigenvalue weighted by Crippen LogP contribution is 2.16. The maximum Gasteiger partial charge on any atom is 0.252 e. The molecular formula is C20H31N3O2. The van der Waals surface area contributed by atoms with Crippen molar-refractivity contribution in [1.29, 1.82) is 0 Å². The van der Waals surface area contributed by atoms with Gasteiger partial charge < -0.3 is 10.6 Å². The first-order valence-corrected chi connectivity index (χ1v) is 9.32. The van der Waals surface area contributed by atoms with Crippen LogP contribution in [0.3, 0.4) is 0 Å². The summed E-state index contributed by atoms with van der Waals surface area (Å²) in [4.78, 5) is 27.6. The average Bonchev–Trinajstić information content (AvgIpc) is 3.05. The van der Waals surface area contributed by atoms with Crippen LogP contribution in [0.2, 0.25) is 0 Å². The van der Waals surface area contributed by atoms with Gasteiger partial charge in [0, 0.05) is 18.2 Å². The van der Waals surface area contributed by atoms with Crippen molar-refractivity contribution in [2.45, 2.75) is 52.6 Å². The molecule has 1 aliphatic heterocycles. The van der Waals surface area contributed by atoms with E-state index in [0.29, 0.717) is 18.2 Å². The van der Waals surface area contributed by atoms with E-state index < -0.39 is 6.04 Å². The molecule has 2 amide bonds. The van der Waals surface area contributed by atoms with Crippen LogP contribution in [0.25, 0.3) is 0 Å². The maximum absolute atomic E-state index is 12.6. The second-order valence-corrected chi connectivity index (χ2v) is 7.18. The predicted molar refractivity (Wildman–Crippen MR) is 101 cm³/mol. The maximum atomic E-state index is 12.6. The Balaban J connectivity index is 1.96. The lowest BCUT2D eigenvalue weighted by atomic mass is 10.0. The van der Waals surface area contributed by atoms with E-state index in [0.717, 1.165) is 25.1 Å². The second kappa shape index (κ2) is 8.99. The van der Waals surface area contributed by atoms with Crippen LogP contribution >= 0.6 is 0 Å². The Labute approximate surface area is 151 Å². The Bertz CT molecular complexity index is 600. The van der Waals surface area contributed by atoms with Crippen molar-refractivity contribution in [1.82, 2.24) is 15.5 Å². The first-order valence-electron chi connectivity index (χ1n) is 9.32. The van der Waals surface area contributed by atoms with Gasteiger partial charge in [0.1, 0.15) is 6.04 Å². The molecule has 1 saturated heterocycles. The van der Waals surface area contributed by atoms with Gasteiger partial charge in [0.2, 0.25) is 5.91 Å². The molecule has 0 saturated carbocycles. The van der Waals surface area contributed by atoms with Crippen molar-refractivity contribution in [2.24, 2.45) is 5.92 Å². The number of likely N-dealkylation sites (N-methyl/N-ethyl adjacent to an activating group) is 1. The van der Waals surface area contributed by atoms with Crippen molar-refractivity contribution < 1.29 is 9.59 Å². The minimum absolute atomic E-state index is 0.0267. The fourth-order valence-electron chi connectivity index (χ4n) is 3.45. The lowest BCUT2D eigenvalue weighted by molar-refractivity contribution is -0.124. The third-order valence-electron chi connectivity index (χ3n) is 5.04. The van der Waals surface area contributed by atoms with Gasteiger partial charge in [-0.3, -0.25) is 14.5 Å². The molecule has 1 fully saturated rings. The summed E-state index contributed by atoms with van der Waals surface area (Å²) in [5, 5.41) is 5.96. The first-order chi connectivity index (χ1) is 11.9. The van der Waals surface area contributed by atoms with E-state index in [-0.39, 0.29) is 17.7 Å². The zero-order chi connectivity index (χ0) is 18.4. The number of hydrogen-bond acceptors (Lipinski definition) is 3. The minimum Gasteiger partial charge on any atom is -0.353 e. The molecule has 2 rings (SSSR count). The summed E-state index contributed by atoms with van der Waals surface area (Å²) in [5.41, 5.74) is 1.53. The summed E-state index contributed by atoms with van der Waals surface area (Å²) in [6, 6.07) is 7.32.